The molecule has 1 heterocycles. The Bertz CT molecular complexity index is 627. The molecule has 1 aliphatic rings. The lowest BCUT2D eigenvalue weighted by Crippen LogP contribution is -2.38. The Morgan fingerprint density at radius 1 is 1.43 bits per heavy atom. The van der Waals surface area contributed by atoms with E-state index in [4.69, 9.17) is 0 Å². The minimum atomic E-state index is -3.66. The number of anilines is 1. The highest BCUT2D eigenvalue weighted by Crippen LogP contribution is 2.27. The van der Waals surface area contributed by atoms with Crippen molar-refractivity contribution in [1.29, 1.82) is 0 Å². The van der Waals surface area contributed by atoms with Gasteiger partial charge in [-0.3, -0.25) is 10.1 Å². The van der Waals surface area contributed by atoms with E-state index in [1.54, 1.807) is 11.8 Å². The average molecular weight is 331 g/mol. The topological polar surface area (TPSA) is 101 Å². The van der Waals surface area contributed by atoms with Crippen LogP contribution in [0.2, 0.25) is 0 Å². The first kappa shape index (κ1) is 16.1. The molecule has 21 heavy (non-hydrogen) atoms. The van der Waals surface area contributed by atoms with E-state index in [-0.39, 0.29) is 22.3 Å². The number of nitrogens with one attached hydrogen (secondary N) is 2. The largest absolute Gasteiger partial charge is 0.383 e. The minimum absolute atomic E-state index is 0.0352. The van der Waals surface area contributed by atoms with Crippen LogP contribution in [0.5, 0.6) is 0 Å². The molecule has 0 aliphatic carbocycles. The number of nitrogens with zero attached hydrogens (tertiary/aromatic N) is 1. The van der Waals surface area contributed by atoms with Crippen molar-refractivity contribution in [2.24, 2.45) is 0 Å². The van der Waals surface area contributed by atoms with E-state index < -0.39 is 14.9 Å². The SMILES string of the molecule is CNc1cc(S(=O)(=O)NC2CCCSC2)ccc1[N+](=O)[O-]. The molecule has 0 bridgehead atoms. The molecule has 2 N–H and O–H groups in total. The Morgan fingerprint density at radius 3 is 2.76 bits per heavy atom. The number of thioether (sulfide) groups is 1. The van der Waals surface area contributed by atoms with Gasteiger partial charge < -0.3 is 5.32 Å². The first-order valence-electron chi connectivity index (χ1n) is 6.50. The fourth-order valence-electron chi connectivity index (χ4n) is 2.16. The van der Waals surface area contributed by atoms with Crippen LogP contribution < -0.4 is 10.0 Å². The number of hydrogen-bond acceptors (Lipinski definition) is 6. The van der Waals surface area contributed by atoms with E-state index >= 15 is 0 Å². The smallest absolute Gasteiger partial charge is 0.292 e. The molecule has 1 aromatic rings. The summed E-state index contributed by atoms with van der Waals surface area (Å²) in [5.41, 5.74) is 0.0329. The van der Waals surface area contributed by atoms with Gasteiger partial charge >= 0.3 is 0 Å². The van der Waals surface area contributed by atoms with E-state index in [2.05, 4.69) is 10.0 Å². The molecule has 0 radical (unpaired) electrons. The zero-order chi connectivity index (χ0) is 15.5. The van der Waals surface area contributed by atoms with Crippen LogP contribution in [0.3, 0.4) is 0 Å². The van der Waals surface area contributed by atoms with Crippen LogP contribution in [0.4, 0.5) is 11.4 Å². The summed E-state index contributed by atoms with van der Waals surface area (Å²) in [7, 11) is -2.14. The van der Waals surface area contributed by atoms with Crippen molar-refractivity contribution >= 4 is 33.2 Å². The predicted octanol–water partition coefficient (Wildman–Crippen LogP) is 1.81. The predicted molar refractivity (Wildman–Crippen MR) is 83.3 cm³/mol. The third kappa shape index (κ3) is 3.86. The highest BCUT2D eigenvalue weighted by Gasteiger charge is 2.24. The third-order valence-corrected chi connectivity index (χ3v) is 5.96. The summed E-state index contributed by atoms with van der Waals surface area (Å²) in [6.07, 6.45) is 1.80. The van der Waals surface area contributed by atoms with Crippen LogP contribution >= 0.6 is 11.8 Å². The van der Waals surface area contributed by atoms with Gasteiger partial charge in [-0.25, -0.2) is 13.1 Å². The number of benzene rings is 1. The van der Waals surface area contributed by atoms with E-state index in [1.807, 2.05) is 0 Å². The second-order valence-corrected chi connectivity index (χ2v) is 7.59. The lowest BCUT2D eigenvalue weighted by Gasteiger charge is -2.22. The van der Waals surface area contributed by atoms with E-state index in [0.29, 0.717) is 0 Å². The molecule has 1 atom stereocenters. The van der Waals surface area contributed by atoms with Gasteiger partial charge in [-0.1, -0.05) is 0 Å². The van der Waals surface area contributed by atoms with E-state index in [1.165, 1.54) is 25.2 Å². The van der Waals surface area contributed by atoms with Crippen LogP contribution in [0.25, 0.3) is 0 Å². The molecule has 1 aromatic carbocycles. The van der Waals surface area contributed by atoms with Crippen molar-refractivity contribution in [1.82, 2.24) is 4.72 Å². The molecule has 0 spiro atoms. The maximum Gasteiger partial charge on any atom is 0.292 e. The lowest BCUT2D eigenvalue weighted by atomic mass is 10.2. The maximum absolute atomic E-state index is 12.3. The Labute approximate surface area is 127 Å². The van der Waals surface area contributed by atoms with Gasteiger partial charge in [0.1, 0.15) is 5.69 Å². The zero-order valence-corrected chi connectivity index (χ0v) is 13.2. The molecule has 1 unspecified atom stereocenters. The van der Waals surface area contributed by atoms with Crippen molar-refractivity contribution in [3.63, 3.8) is 0 Å². The number of nitro groups is 1. The van der Waals surface area contributed by atoms with Gasteiger partial charge in [-0.2, -0.15) is 11.8 Å². The Morgan fingerprint density at radius 2 is 2.19 bits per heavy atom. The third-order valence-electron chi connectivity index (χ3n) is 3.23. The monoisotopic (exact) mass is 331 g/mol. The van der Waals surface area contributed by atoms with Crippen molar-refractivity contribution in [2.45, 2.75) is 23.8 Å². The fourth-order valence-corrected chi connectivity index (χ4v) is 4.64. The standard InChI is InChI=1S/C12H17N3O4S2/c1-13-11-7-10(4-5-12(11)15(16)17)21(18,19)14-9-3-2-6-20-8-9/h4-5,7,9,13-14H,2-3,6,8H2,1H3. The van der Waals surface area contributed by atoms with Crippen LogP contribution in [-0.4, -0.2) is 37.9 Å². The maximum atomic E-state index is 12.3. The first-order chi connectivity index (χ1) is 9.94. The molecule has 1 aliphatic heterocycles. The van der Waals surface area contributed by atoms with Crippen LogP contribution in [0.1, 0.15) is 12.8 Å². The molecule has 1 fully saturated rings. The highest BCUT2D eigenvalue weighted by molar-refractivity contribution is 7.99. The second kappa shape index (κ2) is 6.63. The number of sulfonamides is 1. The molecular weight excluding hydrogens is 314 g/mol. The van der Waals surface area contributed by atoms with E-state index in [9.17, 15) is 18.5 Å². The van der Waals surface area contributed by atoms with Gasteiger partial charge in [0.15, 0.2) is 0 Å². The van der Waals surface area contributed by atoms with Gasteiger partial charge in [0.25, 0.3) is 5.69 Å². The molecule has 2 rings (SSSR count). The Balaban J connectivity index is 2.25. The fraction of sp³-hybridized carbons (Fsp3) is 0.500. The van der Waals surface area contributed by atoms with Crippen molar-refractivity contribution in [2.75, 3.05) is 23.9 Å². The molecule has 0 amide bonds. The molecule has 1 saturated heterocycles. The zero-order valence-electron chi connectivity index (χ0n) is 11.5. The molecule has 0 saturated carbocycles. The molecule has 7 nitrogen and oxygen atoms in total. The Kier molecular flexibility index (Phi) is 5.07. The normalized spacial score (nSPS) is 19.2. The molecule has 116 valence electrons. The van der Waals surface area contributed by atoms with Crippen LogP contribution in [-0.2, 0) is 10.0 Å². The van der Waals surface area contributed by atoms with Gasteiger partial charge in [0, 0.05) is 24.9 Å². The summed E-state index contributed by atoms with van der Waals surface area (Å²) in [6, 6.07) is 3.67. The molecule has 0 aromatic heterocycles. The summed E-state index contributed by atoms with van der Waals surface area (Å²) < 4.78 is 27.3. The summed E-state index contributed by atoms with van der Waals surface area (Å²) in [6.45, 7) is 0. The summed E-state index contributed by atoms with van der Waals surface area (Å²) in [5.74, 6) is 1.81. The quantitative estimate of drug-likeness (QED) is 0.630. The van der Waals surface area contributed by atoms with Crippen molar-refractivity contribution in [3.8, 4) is 0 Å². The molecule has 9 heteroatoms. The van der Waals surface area contributed by atoms with E-state index in [0.717, 1.165) is 24.3 Å². The Hall–Kier alpha value is -1.32. The van der Waals surface area contributed by atoms with Crippen LogP contribution in [0, 0.1) is 10.1 Å². The minimum Gasteiger partial charge on any atom is -0.383 e. The number of rotatable bonds is 5. The second-order valence-electron chi connectivity index (χ2n) is 4.72. The van der Waals surface area contributed by atoms with Gasteiger partial charge in [0.2, 0.25) is 10.0 Å². The van der Waals surface area contributed by atoms with Gasteiger partial charge in [-0.15, -0.1) is 0 Å². The highest BCUT2D eigenvalue weighted by atomic mass is 32.2. The van der Waals surface area contributed by atoms with Crippen molar-refractivity contribution in [3.05, 3.63) is 28.3 Å². The first-order valence-corrected chi connectivity index (χ1v) is 9.14. The van der Waals surface area contributed by atoms with Crippen LogP contribution in [0.15, 0.2) is 23.1 Å². The molecular formula is C12H17N3O4S2. The summed E-state index contributed by atoms with van der Waals surface area (Å²) in [4.78, 5) is 10.3. The number of nitro benzene ring substituents is 1. The lowest BCUT2D eigenvalue weighted by molar-refractivity contribution is -0.384. The summed E-state index contributed by atoms with van der Waals surface area (Å²) >= 11 is 1.72. The average Bonchev–Trinajstić information content (AvgIpc) is 2.47. The van der Waals surface area contributed by atoms with Gasteiger partial charge in [-0.05, 0) is 30.7 Å². The van der Waals surface area contributed by atoms with Gasteiger partial charge in [0.05, 0.1) is 9.82 Å². The van der Waals surface area contributed by atoms with Crippen molar-refractivity contribution < 1.29 is 13.3 Å². The summed E-state index contributed by atoms with van der Waals surface area (Å²) in [5, 5.41) is 13.5. The number of hydrogen-bond donors (Lipinski definition) is 2.